The second-order valence-corrected chi connectivity index (χ2v) is 14.2. The van der Waals surface area contributed by atoms with Crippen molar-refractivity contribution in [2.45, 2.75) is 0 Å². The Morgan fingerprint density at radius 3 is 1.16 bits per heavy atom. The van der Waals surface area contributed by atoms with Gasteiger partial charge in [0, 0.05) is 24.3 Å². The van der Waals surface area contributed by atoms with Crippen molar-refractivity contribution < 1.29 is 31.5 Å². The van der Waals surface area contributed by atoms with Gasteiger partial charge < -0.3 is 5.32 Å². The molecule has 0 radical (unpaired) electrons. The molecule has 2 heterocycles. The Balaban J connectivity index is 0.000000166. The van der Waals surface area contributed by atoms with Crippen LogP contribution in [0.15, 0.2) is 182 Å². The van der Waals surface area contributed by atoms with Crippen LogP contribution in [0.2, 0.25) is 0 Å². The van der Waals surface area contributed by atoms with Crippen LogP contribution in [-0.2, 0) is 22.4 Å². The Kier molecular flexibility index (Phi) is 8.81. The fraction of sp³-hybridized carbons (Fsp3) is 0. The van der Waals surface area contributed by atoms with Crippen LogP contribution in [0.5, 0.6) is 0 Å². The van der Waals surface area contributed by atoms with E-state index in [-0.39, 0.29) is 22.4 Å². The quantitative estimate of drug-likeness (QED) is 0.136. The fourth-order valence-electron chi connectivity index (χ4n) is 6.00. The van der Waals surface area contributed by atoms with E-state index in [9.17, 15) is 0 Å². The van der Waals surface area contributed by atoms with E-state index in [1.807, 2.05) is 57.9 Å². The van der Waals surface area contributed by atoms with Crippen LogP contribution in [0.4, 0.5) is 22.7 Å². The zero-order valence-corrected chi connectivity index (χ0v) is 27.1. The molecule has 0 saturated carbocycles. The molecule has 0 unspecified atom stereocenters. The topological polar surface area (TPSA) is 20.1 Å². The Bertz CT molecular complexity index is 1830. The predicted octanol–water partition coefficient (Wildman–Crippen LogP) is 7.05. The zero-order chi connectivity index (χ0) is 28.9. The molecule has 214 valence electrons. The maximum absolute atomic E-state index is 4.99. The van der Waals surface area contributed by atoms with Crippen LogP contribution >= 0.6 is 0 Å². The molecule has 0 aliphatic carbocycles. The van der Waals surface area contributed by atoms with Gasteiger partial charge in [-0.05, 0) is 10.4 Å². The van der Waals surface area contributed by atoms with Gasteiger partial charge in [-0.25, -0.2) is 0 Å². The van der Waals surface area contributed by atoms with Crippen molar-refractivity contribution in [3.05, 3.63) is 188 Å². The van der Waals surface area contributed by atoms with Gasteiger partial charge in [0.15, 0.2) is 8.07 Å². The van der Waals surface area contributed by atoms with E-state index >= 15 is 0 Å². The molecule has 0 amide bonds. The van der Waals surface area contributed by atoms with Gasteiger partial charge in [0.05, 0.1) is 0 Å². The number of hydrogen-bond acceptors (Lipinski definition) is 0. The molecule has 0 saturated heterocycles. The molecule has 6 aromatic carbocycles. The van der Waals surface area contributed by atoms with E-state index in [1.165, 1.54) is 20.7 Å². The average molecular weight is 766 g/mol. The van der Waals surface area contributed by atoms with Crippen LogP contribution < -0.4 is 20.7 Å². The SMILES string of the molecule is C1=[N+](c2ccccc2)C=C[N+]=1c1ccccc1.[Au+].c1ccc([Si]2(c3ccccc3)c3ccccc3[N-]c3ccccc32)cc1. The van der Waals surface area contributed by atoms with Crippen molar-refractivity contribution in [3.63, 3.8) is 0 Å². The van der Waals surface area contributed by atoms with Crippen LogP contribution in [-0.4, -0.2) is 23.2 Å². The van der Waals surface area contributed by atoms with Crippen LogP contribution in [0.1, 0.15) is 0 Å². The molecule has 2 aliphatic heterocycles. The molecule has 8 rings (SSSR count). The average Bonchev–Trinajstić information content (AvgIpc) is 3.60. The number of rotatable bonds is 4. The summed E-state index contributed by atoms with van der Waals surface area (Å²) in [7, 11) is -2.37. The van der Waals surface area contributed by atoms with Crippen molar-refractivity contribution in [2.75, 3.05) is 0 Å². The number of hydrogen-bond donors (Lipinski definition) is 0. The number of nitrogens with zero attached hydrogens (tertiary/aromatic N) is 3. The van der Waals surface area contributed by atoms with Gasteiger partial charge in [0.25, 0.3) is 12.4 Å². The summed E-state index contributed by atoms with van der Waals surface area (Å²) >= 11 is 0. The summed E-state index contributed by atoms with van der Waals surface area (Å²) in [4.78, 5) is 0. The third-order valence-corrected chi connectivity index (χ3v) is 12.8. The van der Waals surface area contributed by atoms with E-state index in [2.05, 4.69) is 139 Å². The van der Waals surface area contributed by atoms with Crippen molar-refractivity contribution in [1.82, 2.24) is 0 Å². The Hall–Kier alpha value is -4.80. The van der Waals surface area contributed by atoms with Crippen LogP contribution in [0.25, 0.3) is 5.32 Å². The van der Waals surface area contributed by atoms with Crippen LogP contribution in [0.3, 0.4) is 0 Å². The van der Waals surface area contributed by atoms with Crippen molar-refractivity contribution >= 4 is 57.6 Å². The summed E-state index contributed by atoms with van der Waals surface area (Å²) in [5.74, 6) is 0. The second kappa shape index (κ2) is 13.2. The Labute approximate surface area is 275 Å². The maximum atomic E-state index is 4.99. The molecule has 2 aliphatic rings. The van der Waals surface area contributed by atoms with Gasteiger partial charge >= 0.3 is 28.4 Å². The van der Waals surface area contributed by atoms with E-state index < -0.39 is 8.07 Å². The maximum Gasteiger partial charge on any atom is 1.00 e. The first-order valence-electron chi connectivity index (χ1n) is 14.5. The smallest absolute Gasteiger partial charge is 0.658 e. The first-order chi connectivity index (χ1) is 21.3. The molecule has 0 bridgehead atoms. The minimum absolute atomic E-state index is 0. The molecule has 0 N–H and O–H groups in total. The van der Waals surface area contributed by atoms with Crippen molar-refractivity contribution in [3.8, 4) is 0 Å². The summed E-state index contributed by atoms with van der Waals surface area (Å²) in [5.41, 5.74) is 4.43. The minimum atomic E-state index is -2.37. The minimum Gasteiger partial charge on any atom is -0.658 e. The Morgan fingerprint density at radius 1 is 0.409 bits per heavy atom. The van der Waals surface area contributed by atoms with Crippen molar-refractivity contribution in [1.29, 1.82) is 0 Å². The van der Waals surface area contributed by atoms with Gasteiger partial charge in [-0.3, -0.25) is 0 Å². The molecule has 6 aromatic rings. The summed E-state index contributed by atoms with van der Waals surface area (Å²) < 4.78 is 3.96. The summed E-state index contributed by atoms with van der Waals surface area (Å²) in [6.07, 6.45) is 4.00. The normalized spacial score (nSPS) is 13.5. The first-order valence-corrected chi connectivity index (χ1v) is 16.5. The fourth-order valence-corrected chi connectivity index (χ4v) is 11.0. The molecule has 0 fully saturated rings. The van der Waals surface area contributed by atoms with Gasteiger partial charge in [-0.1, -0.05) is 165 Å². The van der Waals surface area contributed by atoms with E-state index in [0.717, 1.165) is 22.7 Å². The van der Waals surface area contributed by atoms with Gasteiger partial charge in [-0.2, -0.15) is 0 Å². The summed E-state index contributed by atoms with van der Waals surface area (Å²) in [6, 6.07) is 63.0. The van der Waals surface area contributed by atoms with Gasteiger partial charge in [-0.15, -0.1) is 11.4 Å². The molecule has 3 nitrogen and oxygen atoms in total. The van der Waals surface area contributed by atoms with Crippen molar-refractivity contribution in [2.24, 2.45) is 0 Å². The molecule has 0 atom stereocenters. The largest absolute Gasteiger partial charge is 1.00 e. The number of fused-ring (bicyclic) bond motifs is 2. The van der Waals surface area contributed by atoms with Gasteiger partial charge in [0.2, 0.25) is 11.4 Å². The number of para-hydroxylation sites is 4. The predicted molar refractivity (Wildman–Crippen MR) is 180 cm³/mol. The molecule has 0 aromatic heterocycles. The second-order valence-electron chi connectivity index (χ2n) is 10.4. The standard InChI is InChI=1S/C24H18NSi.C15H12N2.Au/c1-3-11-19(12-4-1)26(20-13-5-2-6-14-20)23-17-9-7-15-21(23)25-22-16-8-10-18-24(22)26;1-3-7-14(8-4-1)16-11-12-17(13-16)15-9-5-2-6-10-15;/h1-18H;1-12H;/q-1;+2;+1. The summed E-state index contributed by atoms with van der Waals surface area (Å²) in [5, 5.41) is 10.5. The van der Waals surface area contributed by atoms with E-state index in [1.54, 1.807) is 0 Å². The van der Waals surface area contributed by atoms with Crippen LogP contribution in [0, 0.1) is 0 Å². The third-order valence-electron chi connectivity index (χ3n) is 7.92. The molecular formula is C39H30AuN3Si+2. The van der Waals surface area contributed by atoms with E-state index in [4.69, 9.17) is 5.32 Å². The zero-order valence-electron chi connectivity index (χ0n) is 24.0. The molecule has 5 heteroatoms. The summed E-state index contributed by atoms with van der Waals surface area (Å²) in [6.45, 7) is 0. The molecule has 0 spiro atoms. The molecule has 44 heavy (non-hydrogen) atoms. The Morgan fingerprint density at radius 2 is 0.750 bits per heavy atom. The molecular weight excluding hydrogens is 736 g/mol. The monoisotopic (exact) mass is 765 g/mol. The third kappa shape index (κ3) is 5.49. The number of benzene rings is 6. The van der Waals surface area contributed by atoms with E-state index in [0.29, 0.717) is 0 Å². The first kappa shape index (κ1) is 29.3. The van der Waals surface area contributed by atoms with Gasteiger partial charge in [0.1, 0.15) is 0 Å².